The Kier molecular flexibility index (Phi) is 8.00. The van der Waals surface area contributed by atoms with E-state index in [9.17, 15) is 8.78 Å². The van der Waals surface area contributed by atoms with E-state index in [1.807, 2.05) is 6.26 Å². The second-order valence-electron chi connectivity index (χ2n) is 8.18. The van der Waals surface area contributed by atoms with Crippen molar-refractivity contribution >= 4 is 28.5 Å². The van der Waals surface area contributed by atoms with Crippen molar-refractivity contribution in [1.82, 2.24) is 15.0 Å². The first kappa shape index (κ1) is 24.6. The fraction of sp³-hybridized carbons (Fsp3) is 0.409. The molecule has 1 N–H and O–H groups in total. The highest BCUT2D eigenvalue weighted by Gasteiger charge is 2.23. The van der Waals surface area contributed by atoms with Crippen molar-refractivity contribution in [2.75, 3.05) is 32.8 Å². The molecule has 0 unspecified atom stereocenters. The Labute approximate surface area is 185 Å². The van der Waals surface area contributed by atoms with Gasteiger partial charge >= 0.3 is 0 Å². The second kappa shape index (κ2) is 10.1. The molecule has 0 saturated heterocycles. The van der Waals surface area contributed by atoms with Gasteiger partial charge < -0.3 is 14.8 Å². The number of thioether (sulfide) groups is 1. The van der Waals surface area contributed by atoms with Crippen LogP contribution in [0.25, 0.3) is 22.2 Å². The average Bonchev–Trinajstić information content (AvgIpc) is 2.72. The molecule has 0 saturated carbocycles. The normalized spacial score (nSPS) is 11.0. The molecule has 168 valence electrons. The first-order valence-electron chi connectivity index (χ1n) is 9.53. The molecule has 0 radical (unpaired) electrons. The number of pyridine rings is 1. The van der Waals surface area contributed by atoms with Crippen LogP contribution in [0.4, 0.5) is 14.6 Å². The van der Waals surface area contributed by atoms with E-state index in [-0.39, 0.29) is 22.8 Å². The highest BCUT2D eigenvalue weighted by molar-refractivity contribution is 7.98. The minimum absolute atomic E-state index is 0.0783. The predicted molar refractivity (Wildman–Crippen MR) is 122 cm³/mol. The lowest BCUT2D eigenvalue weighted by atomic mass is 10.0. The molecule has 0 amide bonds. The number of anilines is 1. The van der Waals surface area contributed by atoms with Crippen LogP contribution >= 0.6 is 11.8 Å². The molecule has 2 aromatic heterocycles. The van der Waals surface area contributed by atoms with E-state index in [0.717, 1.165) is 6.07 Å². The maximum absolute atomic E-state index is 14.8. The lowest BCUT2D eigenvalue weighted by Crippen LogP contribution is -2.03. The Bertz CT molecular complexity index is 1040. The van der Waals surface area contributed by atoms with Gasteiger partial charge in [-0.2, -0.15) is 0 Å². The summed E-state index contributed by atoms with van der Waals surface area (Å²) in [4.78, 5) is 12.9. The summed E-state index contributed by atoms with van der Waals surface area (Å²) in [6.45, 7) is 8.75. The van der Waals surface area contributed by atoms with Gasteiger partial charge in [0.25, 0.3) is 0 Å². The van der Waals surface area contributed by atoms with Gasteiger partial charge in [0.1, 0.15) is 5.52 Å². The molecule has 1 aromatic carbocycles. The van der Waals surface area contributed by atoms with E-state index < -0.39 is 11.6 Å². The number of nitrogens with one attached hydrogen (secondary N) is 1. The summed E-state index contributed by atoms with van der Waals surface area (Å²) < 4.78 is 39.5. The Morgan fingerprint density at radius 2 is 1.52 bits per heavy atom. The molecule has 6 nitrogen and oxygen atoms in total. The highest BCUT2D eigenvalue weighted by Crippen LogP contribution is 2.38. The number of benzene rings is 1. The number of rotatable bonds is 5. The van der Waals surface area contributed by atoms with Crippen LogP contribution in [-0.2, 0) is 0 Å². The highest BCUT2D eigenvalue weighted by atomic mass is 32.2. The molecule has 0 aliphatic carbocycles. The zero-order valence-corrected chi connectivity index (χ0v) is 19.9. The molecule has 0 bridgehead atoms. The van der Waals surface area contributed by atoms with Gasteiger partial charge in [0, 0.05) is 24.7 Å². The van der Waals surface area contributed by atoms with Crippen LogP contribution in [0.1, 0.15) is 27.7 Å². The van der Waals surface area contributed by atoms with Gasteiger partial charge in [-0.15, -0.1) is 0 Å². The number of ether oxygens (including phenoxy) is 2. The molecule has 31 heavy (non-hydrogen) atoms. The second-order valence-corrected chi connectivity index (χ2v) is 8.96. The van der Waals surface area contributed by atoms with Gasteiger partial charge in [0.05, 0.1) is 25.5 Å². The zero-order chi connectivity index (χ0) is 23.3. The summed E-state index contributed by atoms with van der Waals surface area (Å²) in [7, 11) is 4.25. The minimum atomic E-state index is -0.860. The van der Waals surface area contributed by atoms with Crippen LogP contribution < -0.4 is 14.8 Å². The first-order valence-corrected chi connectivity index (χ1v) is 10.8. The number of fused-ring (bicyclic) bond motifs is 1. The Morgan fingerprint density at radius 3 is 1.97 bits per heavy atom. The minimum Gasteiger partial charge on any atom is -0.494 e. The summed E-state index contributed by atoms with van der Waals surface area (Å²) in [6, 6.07) is 2.68. The van der Waals surface area contributed by atoms with E-state index >= 15 is 0 Å². The zero-order valence-electron chi connectivity index (χ0n) is 19.1. The SMILES string of the molecule is CC(C)(C)C.CNc1nc(-c2c(F)c(OC)cc(OC)c2F)cc2cnc(SC)nc12. The molecule has 0 fully saturated rings. The van der Waals surface area contributed by atoms with Crippen LogP contribution in [0.5, 0.6) is 11.5 Å². The molecule has 9 heteroatoms. The van der Waals surface area contributed by atoms with Crippen LogP contribution in [0.2, 0.25) is 0 Å². The summed E-state index contributed by atoms with van der Waals surface area (Å²) >= 11 is 1.39. The summed E-state index contributed by atoms with van der Waals surface area (Å²) in [5.41, 5.74) is 0.800. The van der Waals surface area contributed by atoms with Gasteiger partial charge in [-0.3, -0.25) is 0 Å². The van der Waals surface area contributed by atoms with E-state index in [2.05, 4.69) is 48.0 Å². The number of hydrogen-bond donors (Lipinski definition) is 1. The predicted octanol–water partition coefficient (Wildman–Crippen LogP) is 5.80. The molecule has 0 spiro atoms. The molecule has 3 rings (SSSR count). The van der Waals surface area contributed by atoms with Gasteiger partial charge in [-0.05, 0) is 17.7 Å². The fourth-order valence-electron chi connectivity index (χ4n) is 2.53. The van der Waals surface area contributed by atoms with Crippen molar-refractivity contribution in [3.05, 3.63) is 30.0 Å². The summed E-state index contributed by atoms with van der Waals surface area (Å²) in [6.07, 6.45) is 3.45. The van der Waals surface area contributed by atoms with Crippen molar-refractivity contribution in [2.45, 2.75) is 32.9 Å². The monoisotopic (exact) mass is 450 g/mol. The lowest BCUT2D eigenvalue weighted by molar-refractivity contribution is 0.359. The van der Waals surface area contributed by atoms with Crippen molar-refractivity contribution < 1.29 is 18.3 Å². The quantitative estimate of drug-likeness (QED) is 0.389. The summed E-state index contributed by atoms with van der Waals surface area (Å²) in [5, 5.41) is 4.08. The number of halogens is 2. The third-order valence-corrected chi connectivity index (χ3v) is 4.35. The van der Waals surface area contributed by atoms with Gasteiger partial charge in [-0.1, -0.05) is 39.5 Å². The molecule has 0 aliphatic rings. The van der Waals surface area contributed by atoms with Crippen molar-refractivity contribution in [2.24, 2.45) is 5.41 Å². The first-order chi connectivity index (χ1) is 14.5. The Morgan fingerprint density at radius 1 is 0.968 bits per heavy atom. The smallest absolute Gasteiger partial charge is 0.187 e. The Hall–Kier alpha value is -2.68. The number of nitrogens with zero attached hydrogens (tertiary/aromatic N) is 3. The van der Waals surface area contributed by atoms with Crippen molar-refractivity contribution in [3.8, 4) is 22.8 Å². The molecular formula is C22H28F2N4O2S. The van der Waals surface area contributed by atoms with E-state index in [0.29, 0.717) is 27.3 Å². The van der Waals surface area contributed by atoms with Crippen LogP contribution in [0.15, 0.2) is 23.5 Å². The van der Waals surface area contributed by atoms with Crippen molar-refractivity contribution in [1.29, 1.82) is 0 Å². The number of aromatic nitrogens is 3. The van der Waals surface area contributed by atoms with E-state index in [1.54, 1.807) is 13.2 Å². The number of hydrogen-bond acceptors (Lipinski definition) is 7. The topological polar surface area (TPSA) is 69.2 Å². The fourth-order valence-corrected chi connectivity index (χ4v) is 2.88. The molecule has 0 atom stereocenters. The summed E-state index contributed by atoms with van der Waals surface area (Å²) in [5.74, 6) is -1.61. The Balaban J connectivity index is 0.000000614. The molecule has 3 aromatic rings. The lowest BCUT2D eigenvalue weighted by Gasteiger charge is -2.14. The van der Waals surface area contributed by atoms with Crippen LogP contribution in [0, 0.1) is 17.0 Å². The number of methoxy groups -OCH3 is 2. The molecule has 0 aliphatic heterocycles. The van der Waals surface area contributed by atoms with Gasteiger partial charge in [0.2, 0.25) is 0 Å². The maximum atomic E-state index is 14.8. The molecular weight excluding hydrogens is 422 g/mol. The third kappa shape index (κ3) is 5.94. The van der Waals surface area contributed by atoms with Crippen LogP contribution in [0.3, 0.4) is 0 Å². The molecule has 2 heterocycles. The van der Waals surface area contributed by atoms with Crippen LogP contribution in [-0.4, -0.2) is 42.5 Å². The van der Waals surface area contributed by atoms with E-state index in [4.69, 9.17) is 9.47 Å². The average molecular weight is 451 g/mol. The largest absolute Gasteiger partial charge is 0.494 e. The van der Waals surface area contributed by atoms with E-state index in [1.165, 1.54) is 32.0 Å². The maximum Gasteiger partial charge on any atom is 0.187 e. The standard InChI is InChI=1S/C17H16F2N4O2S.C5H12/c1-20-16-15-8(7-21-17(23-15)26-4)5-9(22-16)12-13(18)10(24-2)6-11(25-3)14(12)19;1-5(2,3)4/h5-7H,1-4H3,(H,20,22);1-4H3. The van der Waals surface area contributed by atoms with Gasteiger partial charge in [0.15, 0.2) is 34.1 Å². The van der Waals surface area contributed by atoms with Crippen molar-refractivity contribution in [3.63, 3.8) is 0 Å². The third-order valence-electron chi connectivity index (χ3n) is 3.79. The van der Waals surface area contributed by atoms with Gasteiger partial charge in [-0.25, -0.2) is 23.7 Å².